The molecule has 1 unspecified atom stereocenters. The van der Waals surface area contributed by atoms with E-state index in [0.717, 1.165) is 36.8 Å². The van der Waals surface area contributed by atoms with Crippen molar-refractivity contribution in [3.05, 3.63) is 192 Å². The molecule has 0 saturated heterocycles. The highest BCUT2D eigenvalue weighted by atomic mass is 19.1. The van der Waals surface area contributed by atoms with E-state index in [1.54, 1.807) is 72.8 Å². The normalized spacial score (nSPS) is 12.8. The largest absolute Gasteiger partial charge is 0.494 e. The molecule has 0 aliphatic carbocycles. The van der Waals surface area contributed by atoms with Gasteiger partial charge in [0.1, 0.15) is 23.1 Å². The van der Waals surface area contributed by atoms with E-state index in [-0.39, 0.29) is 62.4 Å². The standard InChI is InChI=1S/C72H80F2N4O12/c1-45(2)67-65(63(47-15-9-7-10-16-47)69(49-19-23-51(73)24-20-49)77(67)37-35-55(79)41-57(81)43-61(83)84)71(87)75-53-27-31-59(32-28-53)89-39-13-5-6-14-40-90-60-33-29-54(30-34-60)76-72(88)66-64(48-17-11-8-12-18-48)70(50-21-25-52(74)26-22-50)78(68(66)46(3)4)38-36-56(80)42-58(82)44-62(85)86/h7-12,15-34,45-46,55-58,79-82H,5-6,13-14,35-44H2,1-4H3,(H,75,87)(H,76,88)(H,83,84)(H,85,86)/t55-,56-,57-,58?/m1/s1. The van der Waals surface area contributed by atoms with Crippen LogP contribution in [0.25, 0.3) is 44.8 Å². The van der Waals surface area contributed by atoms with Gasteiger partial charge in [-0.2, -0.15) is 0 Å². The van der Waals surface area contributed by atoms with E-state index < -0.39 is 60.8 Å². The summed E-state index contributed by atoms with van der Waals surface area (Å²) in [5, 5.41) is 67.1. The zero-order valence-corrected chi connectivity index (χ0v) is 51.2. The molecule has 2 aromatic heterocycles. The Kier molecular flexibility index (Phi) is 23.8. The number of carboxylic acid groups (broad SMARTS) is 2. The highest BCUT2D eigenvalue weighted by molar-refractivity contribution is 6.13. The summed E-state index contributed by atoms with van der Waals surface area (Å²) < 4.78 is 44.9. The quantitative estimate of drug-likeness (QED) is 0.0179. The van der Waals surface area contributed by atoms with Crippen LogP contribution in [0.2, 0.25) is 0 Å². The van der Waals surface area contributed by atoms with Gasteiger partial charge in [-0.05, 0) is 183 Å². The van der Waals surface area contributed by atoms with Gasteiger partial charge in [-0.3, -0.25) is 19.2 Å². The second-order valence-electron chi connectivity index (χ2n) is 23.3. The maximum absolute atomic E-state index is 14.7. The summed E-state index contributed by atoms with van der Waals surface area (Å²) in [4.78, 5) is 51.9. The summed E-state index contributed by atoms with van der Waals surface area (Å²) in [6.07, 6.45) is -2.23. The van der Waals surface area contributed by atoms with Crippen LogP contribution < -0.4 is 20.1 Å². The van der Waals surface area contributed by atoms with Crippen LogP contribution in [0.1, 0.15) is 136 Å². The van der Waals surface area contributed by atoms with Crippen molar-refractivity contribution >= 4 is 35.1 Å². The fourth-order valence-electron chi connectivity index (χ4n) is 11.6. The van der Waals surface area contributed by atoms with Gasteiger partial charge in [0, 0.05) is 47.0 Å². The molecule has 474 valence electrons. The Bertz CT molecular complexity index is 3410. The minimum Gasteiger partial charge on any atom is -0.494 e. The van der Waals surface area contributed by atoms with E-state index in [1.165, 1.54) is 24.3 Å². The maximum atomic E-state index is 14.7. The maximum Gasteiger partial charge on any atom is 0.305 e. The Balaban J connectivity index is 0.866. The first kappa shape index (κ1) is 67.0. The summed E-state index contributed by atoms with van der Waals surface area (Å²) in [7, 11) is 0. The highest BCUT2D eigenvalue weighted by Gasteiger charge is 2.33. The smallest absolute Gasteiger partial charge is 0.305 e. The van der Waals surface area contributed by atoms with Gasteiger partial charge in [0.2, 0.25) is 0 Å². The van der Waals surface area contributed by atoms with Crippen LogP contribution in [0, 0.1) is 11.6 Å². The van der Waals surface area contributed by atoms with Crippen molar-refractivity contribution in [2.24, 2.45) is 0 Å². The van der Waals surface area contributed by atoms with Crippen LogP contribution in [-0.2, 0) is 22.7 Å². The number of halogens is 2. The van der Waals surface area contributed by atoms with Gasteiger partial charge in [-0.1, -0.05) is 88.4 Å². The van der Waals surface area contributed by atoms with Crippen LogP contribution in [0.3, 0.4) is 0 Å². The van der Waals surface area contributed by atoms with E-state index in [2.05, 4.69) is 10.6 Å². The first-order valence-electron chi connectivity index (χ1n) is 30.7. The van der Waals surface area contributed by atoms with Gasteiger partial charge in [0.05, 0.1) is 73.0 Å². The third kappa shape index (κ3) is 17.9. The molecule has 18 heteroatoms. The molecule has 6 aromatic carbocycles. The molecule has 0 radical (unpaired) electrons. The Morgan fingerprint density at radius 3 is 1.11 bits per heavy atom. The lowest BCUT2D eigenvalue weighted by atomic mass is 9.94. The molecule has 0 spiro atoms. The number of carbonyl (C=O) groups is 4. The van der Waals surface area contributed by atoms with Crippen molar-refractivity contribution in [2.45, 2.75) is 141 Å². The number of nitrogens with zero attached hydrogens (tertiary/aromatic N) is 2. The monoisotopic (exact) mass is 1230 g/mol. The molecule has 90 heavy (non-hydrogen) atoms. The number of aliphatic hydroxyl groups is 4. The third-order valence-corrected chi connectivity index (χ3v) is 15.6. The number of carbonyl (C=O) groups excluding carboxylic acids is 2. The lowest BCUT2D eigenvalue weighted by molar-refractivity contribution is -0.140. The molecule has 2 heterocycles. The number of nitrogens with one attached hydrogen (secondary N) is 2. The number of hydrogen-bond acceptors (Lipinski definition) is 10. The number of anilines is 2. The van der Waals surface area contributed by atoms with E-state index in [0.29, 0.717) is 92.2 Å². The van der Waals surface area contributed by atoms with Crippen molar-refractivity contribution in [3.63, 3.8) is 0 Å². The Morgan fingerprint density at radius 2 is 0.789 bits per heavy atom. The first-order chi connectivity index (χ1) is 43.3. The topological polar surface area (TPSA) is 242 Å². The molecule has 0 saturated carbocycles. The van der Waals surface area contributed by atoms with Crippen LogP contribution in [-0.4, -0.2) is 101 Å². The Labute approximate surface area is 523 Å². The number of hydrogen-bond donors (Lipinski definition) is 8. The predicted molar refractivity (Wildman–Crippen MR) is 344 cm³/mol. The minimum atomic E-state index is -1.24. The molecule has 0 aliphatic heterocycles. The number of aromatic nitrogens is 2. The summed E-state index contributed by atoms with van der Waals surface area (Å²) in [6, 6.07) is 45.2. The molecule has 0 bridgehead atoms. The van der Waals surface area contributed by atoms with Crippen LogP contribution in [0.5, 0.6) is 11.5 Å². The SMILES string of the molecule is CC(C)c1c(C(=O)Nc2ccc(OCCCCCCOc3ccc(NC(=O)c4c(-c5ccccc5)c(-c5ccc(F)cc5)n(CC[C@@H](O)C[C@@H](O)CC(=O)O)c4C(C)C)cc3)cc2)c(-c2ccccc2)c(-c2ccc(F)cc2)n1CC[C@@H](O)CC(O)CC(=O)O. The van der Waals surface area contributed by atoms with Gasteiger partial charge in [-0.25, -0.2) is 8.78 Å². The van der Waals surface area contributed by atoms with E-state index >= 15 is 0 Å². The van der Waals surface area contributed by atoms with Gasteiger partial charge < -0.3 is 59.9 Å². The molecular formula is C72H80F2N4O12. The number of amides is 2. The third-order valence-electron chi connectivity index (χ3n) is 15.6. The first-order valence-corrected chi connectivity index (χ1v) is 30.7. The van der Waals surface area contributed by atoms with Crippen molar-refractivity contribution in [3.8, 4) is 56.3 Å². The lowest BCUT2D eigenvalue weighted by Crippen LogP contribution is -2.22. The number of carboxylic acids is 2. The average molecular weight is 1230 g/mol. The average Bonchev–Trinajstić information content (AvgIpc) is 1.61. The van der Waals surface area contributed by atoms with Crippen LogP contribution in [0.4, 0.5) is 20.2 Å². The molecule has 16 nitrogen and oxygen atoms in total. The van der Waals surface area contributed by atoms with Crippen molar-refractivity contribution in [2.75, 3.05) is 23.8 Å². The summed E-state index contributed by atoms with van der Waals surface area (Å²) in [5.41, 5.74) is 8.60. The molecule has 4 atom stereocenters. The van der Waals surface area contributed by atoms with Crippen LogP contribution in [0.15, 0.2) is 158 Å². The molecule has 8 N–H and O–H groups in total. The van der Waals surface area contributed by atoms with E-state index in [9.17, 15) is 58.6 Å². The summed E-state index contributed by atoms with van der Waals surface area (Å²) >= 11 is 0. The number of ether oxygens (including phenoxy) is 2. The number of benzene rings is 6. The Hall–Kier alpha value is -8.94. The second kappa shape index (κ2) is 32.0. The number of aliphatic carboxylic acids is 2. The van der Waals surface area contributed by atoms with Crippen molar-refractivity contribution in [1.82, 2.24) is 9.13 Å². The van der Waals surface area contributed by atoms with Gasteiger partial charge in [-0.15, -0.1) is 0 Å². The summed E-state index contributed by atoms with van der Waals surface area (Å²) in [6.45, 7) is 9.24. The number of rotatable bonds is 33. The van der Waals surface area contributed by atoms with E-state index in [4.69, 9.17) is 9.47 Å². The molecule has 2 amide bonds. The minimum absolute atomic E-state index is 0.140. The predicted octanol–water partition coefficient (Wildman–Crippen LogP) is 14.0. The summed E-state index contributed by atoms with van der Waals surface area (Å²) in [5.74, 6) is -3.10. The van der Waals surface area contributed by atoms with Crippen molar-refractivity contribution < 1.29 is 68.1 Å². The highest BCUT2D eigenvalue weighted by Crippen LogP contribution is 2.45. The molecule has 0 aliphatic rings. The van der Waals surface area contributed by atoms with E-state index in [1.807, 2.05) is 97.5 Å². The lowest BCUT2D eigenvalue weighted by Gasteiger charge is -2.20. The van der Waals surface area contributed by atoms with Crippen LogP contribution >= 0.6 is 0 Å². The molecule has 8 aromatic rings. The van der Waals surface area contributed by atoms with Crippen molar-refractivity contribution in [1.29, 1.82) is 0 Å². The van der Waals surface area contributed by atoms with Gasteiger partial charge in [0.15, 0.2) is 0 Å². The Morgan fingerprint density at radius 1 is 0.444 bits per heavy atom. The molecular weight excluding hydrogens is 1150 g/mol. The fourth-order valence-corrected chi connectivity index (χ4v) is 11.6. The zero-order chi connectivity index (χ0) is 64.4. The van der Waals surface area contributed by atoms with Gasteiger partial charge >= 0.3 is 11.9 Å². The number of unbranched alkanes of at least 4 members (excludes halogenated alkanes) is 3. The molecule has 0 fully saturated rings. The number of aliphatic hydroxyl groups excluding tert-OH is 4. The molecule has 8 rings (SSSR count). The fraction of sp³-hybridized carbons (Fsp3) is 0.333. The zero-order valence-electron chi connectivity index (χ0n) is 51.2. The van der Waals surface area contributed by atoms with Gasteiger partial charge in [0.25, 0.3) is 11.8 Å². The second-order valence-corrected chi connectivity index (χ2v) is 23.3.